The van der Waals surface area contributed by atoms with Crippen LogP contribution in [-0.2, 0) is 21.3 Å². The van der Waals surface area contributed by atoms with Crippen molar-refractivity contribution in [1.29, 1.82) is 0 Å². The Morgan fingerprint density at radius 3 is 2.42 bits per heavy atom. The van der Waals surface area contributed by atoms with Crippen LogP contribution in [0.2, 0.25) is 0 Å². The van der Waals surface area contributed by atoms with E-state index in [2.05, 4.69) is 26.8 Å². The third-order valence-corrected chi connectivity index (χ3v) is 2.24. The molecule has 1 aromatic carbocycles. The highest BCUT2D eigenvalue weighted by molar-refractivity contribution is 7.65. The van der Waals surface area contributed by atoms with E-state index in [1.54, 1.807) is 0 Å². The molecule has 0 amide bonds. The van der Waals surface area contributed by atoms with Crippen LogP contribution in [-0.4, -0.2) is 0 Å². The average molecular weight is 181 g/mol. The van der Waals surface area contributed by atoms with E-state index < -0.39 is 0 Å². The molecule has 1 nitrogen and oxygen atoms in total. The molecule has 0 fully saturated rings. The lowest BCUT2D eigenvalue weighted by Crippen LogP contribution is -2.10. The first kappa shape index (κ1) is 9.33. The van der Waals surface area contributed by atoms with Crippen molar-refractivity contribution in [2.24, 2.45) is 0 Å². The quantitative estimate of drug-likeness (QED) is 0.609. The number of benzene rings is 1. The highest BCUT2D eigenvalue weighted by atomic mass is 32.1. The summed E-state index contributed by atoms with van der Waals surface area (Å²) in [5.41, 5.74) is 1.34. The predicted octanol–water partition coefficient (Wildman–Crippen LogP) is 2.77. The van der Waals surface area contributed by atoms with Crippen LogP contribution >= 0.6 is 0 Å². The first-order chi connectivity index (χ1) is 5.54. The van der Waals surface area contributed by atoms with Gasteiger partial charge in [-0.25, -0.2) is 0 Å². The lowest BCUT2D eigenvalue weighted by atomic mass is 9.87. The van der Waals surface area contributed by atoms with Gasteiger partial charge >= 0.3 is 11.7 Å². The molecule has 1 aromatic rings. The van der Waals surface area contributed by atoms with Gasteiger partial charge in [0.1, 0.15) is 0 Å². The number of rotatable bonds is 1. The summed E-state index contributed by atoms with van der Waals surface area (Å²) in [7, 11) is 0. The van der Waals surface area contributed by atoms with Gasteiger partial charge < -0.3 is 0 Å². The Kier molecular flexibility index (Phi) is 2.58. The molecule has 0 aliphatic rings. The summed E-state index contributed by atoms with van der Waals surface area (Å²) in [5.74, 6) is 0. The second-order valence-electron chi connectivity index (χ2n) is 3.86. The maximum absolute atomic E-state index is 10.5. The summed E-state index contributed by atoms with van der Waals surface area (Å²) in [6.45, 7) is 6.42. The van der Waals surface area contributed by atoms with Crippen LogP contribution in [0.15, 0.2) is 29.2 Å². The van der Waals surface area contributed by atoms with E-state index in [1.807, 2.05) is 18.2 Å². The zero-order valence-corrected chi connectivity index (χ0v) is 8.44. The molecule has 1 rings (SSSR count). The molecular weight excluding hydrogens is 168 g/mol. The first-order valence-electron chi connectivity index (χ1n) is 3.94. The molecule has 0 bridgehead atoms. The smallest absolute Gasteiger partial charge is 0.0581 e. The molecule has 0 atom stereocenters. The van der Waals surface area contributed by atoms with Gasteiger partial charge in [0.25, 0.3) is 4.90 Å². The third-order valence-electron chi connectivity index (χ3n) is 1.80. The Labute approximate surface area is 77.3 Å². The largest absolute Gasteiger partial charge is 0.505 e. The Hall–Kier alpha value is -0.760. The standard InChI is InChI=1S/C10H13OS/c1-10(2,3)8-5-4-6-9(7-8)12-11/h4-7H,1-3H3/q+1. The molecule has 0 radical (unpaired) electrons. The molecule has 0 spiro atoms. The Morgan fingerprint density at radius 1 is 1.25 bits per heavy atom. The van der Waals surface area contributed by atoms with Crippen molar-refractivity contribution in [1.82, 2.24) is 0 Å². The van der Waals surface area contributed by atoms with E-state index in [9.17, 15) is 4.21 Å². The van der Waals surface area contributed by atoms with Gasteiger partial charge in [0.15, 0.2) is 0 Å². The molecule has 0 saturated heterocycles. The molecule has 0 aliphatic carbocycles. The number of hydrogen-bond acceptors (Lipinski definition) is 1. The predicted molar refractivity (Wildman–Crippen MR) is 51.5 cm³/mol. The minimum Gasteiger partial charge on any atom is -0.0581 e. The van der Waals surface area contributed by atoms with Gasteiger partial charge in [0.2, 0.25) is 0 Å². The minimum absolute atomic E-state index is 0.131. The fraction of sp³-hybridized carbons (Fsp3) is 0.400. The van der Waals surface area contributed by atoms with E-state index in [0.29, 0.717) is 11.7 Å². The lowest BCUT2D eigenvalue weighted by molar-refractivity contribution is 0.587. The van der Waals surface area contributed by atoms with Crippen LogP contribution < -0.4 is 0 Å². The van der Waals surface area contributed by atoms with Crippen LogP contribution in [0.4, 0.5) is 0 Å². The second-order valence-corrected chi connectivity index (χ2v) is 4.50. The molecule has 0 N–H and O–H groups in total. The summed E-state index contributed by atoms with van der Waals surface area (Å²) < 4.78 is 10.5. The first-order valence-corrected chi connectivity index (χ1v) is 4.68. The van der Waals surface area contributed by atoms with E-state index in [4.69, 9.17) is 0 Å². The summed E-state index contributed by atoms with van der Waals surface area (Å²) in [6, 6.07) is 7.78. The van der Waals surface area contributed by atoms with Gasteiger partial charge in [-0.05, 0) is 11.0 Å². The van der Waals surface area contributed by atoms with Crippen molar-refractivity contribution in [2.45, 2.75) is 31.1 Å². The molecule has 2 heteroatoms. The molecular formula is C10H13OS+. The van der Waals surface area contributed by atoms with Gasteiger partial charge in [-0.1, -0.05) is 32.9 Å². The monoisotopic (exact) mass is 181 g/mol. The van der Waals surface area contributed by atoms with Gasteiger partial charge in [-0.15, -0.1) is 0 Å². The molecule has 0 heterocycles. The minimum atomic E-state index is 0.131. The second kappa shape index (κ2) is 3.31. The van der Waals surface area contributed by atoms with Gasteiger partial charge in [0, 0.05) is 16.3 Å². The van der Waals surface area contributed by atoms with Crippen molar-refractivity contribution in [3.05, 3.63) is 29.8 Å². The lowest BCUT2D eigenvalue weighted by Gasteiger charge is -2.17. The molecule has 0 aliphatic heterocycles. The molecule has 0 saturated carbocycles. The van der Waals surface area contributed by atoms with Crippen LogP contribution in [0.3, 0.4) is 0 Å². The summed E-state index contributed by atoms with van der Waals surface area (Å²) in [4.78, 5) is 0.794. The van der Waals surface area contributed by atoms with E-state index >= 15 is 0 Å². The van der Waals surface area contributed by atoms with Gasteiger partial charge in [-0.2, -0.15) is 0 Å². The van der Waals surface area contributed by atoms with Crippen molar-refractivity contribution in [3.8, 4) is 0 Å². The topological polar surface area (TPSA) is 17.1 Å². The molecule has 0 aromatic heterocycles. The van der Waals surface area contributed by atoms with Crippen LogP contribution in [0.25, 0.3) is 0 Å². The zero-order valence-electron chi connectivity index (χ0n) is 7.63. The van der Waals surface area contributed by atoms with Crippen LogP contribution in [0, 0.1) is 0 Å². The molecule has 0 unspecified atom stereocenters. The maximum atomic E-state index is 10.5. The number of hydrogen-bond donors (Lipinski definition) is 0. The Morgan fingerprint density at radius 2 is 1.92 bits per heavy atom. The van der Waals surface area contributed by atoms with Gasteiger partial charge in [0.05, 0.1) is 0 Å². The highest BCUT2D eigenvalue weighted by Gasteiger charge is 2.16. The fourth-order valence-electron chi connectivity index (χ4n) is 1.01. The average Bonchev–Trinajstić information content (AvgIpc) is 2.03. The summed E-state index contributed by atoms with van der Waals surface area (Å²) in [6.07, 6.45) is 0. The van der Waals surface area contributed by atoms with E-state index in [-0.39, 0.29) is 5.41 Å². The summed E-state index contributed by atoms with van der Waals surface area (Å²) in [5, 5.41) is 0. The van der Waals surface area contributed by atoms with Crippen molar-refractivity contribution < 1.29 is 4.21 Å². The third kappa shape index (κ3) is 2.11. The Bertz CT molecular complexity index is 286. The zero-order chi connectivity index (χ0) is 9.19. The highest BCUT2D eigenvalue weighted by Crippen LogP contribution is 2.22. The summed E-state index contributed by atoms with van der Waals surface area (Å²) >= 11 is 0.549. The van der Waals surface area contributed by atoms with E-state index in [0.717, 1.165) is 4.90 Å². The van der Waals surface area contributed by atoms with Crippen molar-refractivity contribution in [3.63, 3.8) is 0 Å². The van der Waals surface area contributed by atoms with Crippen LogP contribution in [0.1, 0.15) is 26.3 Å². The normalized spacial score (nSPS) is 11.2. The van der Waals surface area contributed by atoms with E-state index in [1.165, 1.54) is 5.56 Å². The van der Waals surface area contributed by atoms with Crippen molar-refractivity contribution >= 4 is 11.7 Å². The van der Waals surface area contributed by atoms with Gasteiger partial charge in [-0.3, -0.25) is 0 Å². The fourth-order valence-corrected chi connectivity index (χ4v) is 1.32. The SMILES string of the molecule is CC(C)(C)c1cccc([S+]=O)c1. The maximum Gasteiger partial charge on any atom is 0.505 e. The molecule has 12 heavy (non-hydrogen) atoms. The van der Waals surface area contributed by atoms with Crippen LogP contribution in [0.5, 0.6) is 0 Å². The molecule has 64 valence electrons. The Balaban J connectivity index is 3.10. The van der Waals surface area contributed by atoms with Crippen molar-refractivity contribution in [2.75, 3.05) is 0 Å².